The molecule has 1 saturated carbocycles. The van der Waals surface area contributed by atoms with E-state index in [4.69, 9.17) is 10.5 Å². The minimum absolute atomic E-state index is 0.0823. The molecule has 3 N–H and O–H groups in total. The lowest BCUT2D eigenvalue weighted by atomic mass is 9.80. The Hall–Kier alpha value is -1.60. The van der Waals surface area contributed by atoms with Gasteiger partial charge in [0.15, 0.2) is 0 Å². The maximum atomic E-state index is 11.4. The van der Waals surface area contributed by atoms with Gasteiger partial charge in [-0.25, -0.2) is 0 Å². The van der Waals surface area contributed by atoms with E-state index < -0.39 is 0 Å². The van der Waals surface area contributed by atoms with Crippen LogP contribution in [-0.4, -0.2) is 33.0 Å². The summed E-state index contributed by atoms with van der Waals surface area (Å²) in [4.78, 5) is 11.4. The quantitative estimate of drug-likeness (QED) is 0.679. The van der Waals surface area contributed by atoms with Gasteiger partial charge in [-0.05, 0) is 18.9 Å². The fourth-order valence-electron chi connectivity index (χ4n) is 1.79. The number of hydrogen-bond acceptors (Lipinski definition) is 6. The van der Waals surface area contributed by atoms with Gasteiger partial charge in [0.1, 0.15) is 15.7 Å². The van der Waals surface area contributed by atoms with Crippen LogP contribution < -0.4 is 5.32 Å². The van der Waals surface area contributed by atoms with Crippen molar-refractivity contribution in [3.63, 3.8) is 0 Å². The predicted molar refractivity (Wildman–Crippen MR) is 67.7 cm³/mol. The van der Waals surface area contributed by atoms with Crippen molar-refractivity contribution < 1.29 is 9.90 Å². The number of amides is 1. The van der Waals surface area contributed by atoms with Crippen LogP contribution in [-0.2, 0) is 11.4 Å². The summed E-state index contributed by atoms with van der Waals surface area (Å²) in [7, 11) is 0. The number of nitrogens with one attached hydrogen (secondary N) is 2. The first-order chi connectivity index (χ1) is 8.63. The summed E-state index contributed by atoms with van der Waals surface area (Å²) in [6, 6.07) is 0.0873. The van der Waals surface area contributed by atoms with Crippen molar-refractivity contribution >= 4 is 23.0 Å². The Morgan fingerprint density at radius 1 is 1.61 bits per heavy atom. The van der Waals surface area contributed by atoms with Crippen LogP contribution in [0.3, 0.4) is 0 Å². The lowest BCUT2D eigenvalue weighted by Crippen LogP contribution is -2.45. The summed E-state index contributed by atoms with van der Waals surface area (Å²) in [5.41, 5.74) is -0.114. The van der Waals surface area contributed by atoms with Crippen LogP contribution in [0.25, 0.3) is 0 Å². The summed E-state index contributed by atoms with van der Waals surface area (Å²) >= 11 is 1.41. The molecule has 1 aromatic rings. The molecule has 0 spiro atoms. The third kappa shape index (κ3) is 2.62. The summed E-state index contributed by atoms with van der Waals surface area (Å²) in [6.07, 6.45) is 2.83. The molecule has 1 fully saturated rings. The van der Waals surface area contributed by atoms with Gasteiger partial charge < -0.3 is 10.4 Å². The number of carbonyl (C=O) groups excluding carboxylic acids is 1. The molecule has 1 aromatic heterocycles. The first kappa shape index (κ1) is 12.8. The van der Waals surface area contributed by atoms with E-state index in [1.165, 1.54) is 17.4 Å². The molecule has 0 atom stereocenters. The normalized spacial score (nSPS) is 22.1. The van der Waals surface area contributed by atoms with Crippen molar-refractivity contribution in [2.75, 3.05) is 0 Å². The van der Waals surface area contributed by atoms with E-state index in [0.29, 0.717) is 10.9 Å². The first-order valence-corrected chi connectivity index (χ1v) is 6.40. The highest BCUT2D eigenvalue weighted by Crippen LogP contribution is 2.38. The summed E-state index contributed by atoms with van der Waals surface area (Å²) in [6.45, 7) is 3.30. The average Bonchev–Trinajstić information content (AvgIpc) is 2.80. The van der Waals surface area contributed by atoms with Crippen molar-refractivity contribution in [1.29, 1.82) is 5.41 Å². The number of carbonyl (C=O) groups is 1. The number of rotatable bonds is 5. The molecule has 0 bridgehead atoms. The Labute approximate surface area is 108 Å². The minimum atomic E-state index is -0.387. The molecule has 1 aliphatic carbocycles. The van der Waals surface area contributed by atoms with E-state index in [0.717, 1.165) is 17.8 Å². The van der Waals surface area contributed by atoms with E-state index in [1.807, 2.05) is 0 Å². The van der Waals surface area contributed by atoms with E-state index in [-0.39, 0.29) is 24.3 Å². The topological polar surface area (TPSA) is 99.0 Å². The van der Waals surface area contributed by atoms with E-state index in [1.54, 1.807) is 0 Å². The molecule has 0 unspecified atom stereocenters. The molecule has 18 heavy (non-hydrogen) atoms. The molecule has 1 aliphatic rings. The molecule has 0 aromatic carbocycles. The molecule has 7 heteroatoms. The first-order valence-electron chi connectivity index (χ1n) is 5.59. The smallest absolute Gasteiger partial charge is 0.269 e. The fraction of sp³-hybridized carbons (Fsp3) is 0.455. The average molecular weight is 266 g/mol. The minimum Gasteiger partial charge on any atom is -0.389 e. The van der Waals surface area contributed by atoms with Crippen LogP contribution in [0.4, 0.5) is 0 Å². The highest BCUT2D eigenvalue weighted by molar-refractivity contribution is 7.11. The van der Waals surface area contributed by atoms with E-state index in [2.05, 4.69) is 22.1 Å². The van der Waals surface area contributed by atoms with Gasteiger partial charge >= 0.3 is 0 Å². The van der Waals surface area contributed by atoms with Crippen molar-refractivity contribution in [2.45, 2.75) is 31.4 Å². The molecule has 0 aliphatic heterocycles. The zero-order chi connectivity index (χ0) is 13.1. The summed E-state index contributed by atoms with van der Waals surface area (Å²) in [5.74, 6) is -0.0900. The summed E-state index contributed by atoms with van der Waals surface area (Å²) in [5, 5.41) is 28.3. The van der Waals surface area contributed by atoms with Gasteiger partial charge in [-0.2, -0.15) is 0 Å². The number of nitrogens with zero attached hydrogens (tertiary/aromatic N) is 2. The van der Waals surface area contributed by atoms with Crippen LogP contribution in [0.15, 0.2) is 12.7 Å². The molecule has 1 heterocycles. The molecule has 2 rings (SSSR count). The van der Waals surface area contributed by atoms with Crippen LogP contribution >= 0.6 is 11.3 Å². The molecule has 0 saturated heterocycles. The van der Waals surface area contributed by atoms with Crippen LogP contribution in [0.2, 0.25) is 0 Å². The van der Waals surface area contributed by atoms with Gasteiger partial charge in [-0.1, -0.05) is 17.9 Å². The van der Waals surface area contributed by atoms with Crippen LogP contribution in [0.1, 0.15) is 28.8 Å². The number of hydrogen-bond donors (Lipinski definition) is 3. The van der Waals surface area contributed by atoms with Crippen LogP contribution in [0.5, 0.6) is 0 Å². The number of aliphatic hydroxyl groups is 1. The van der Waals surface area contributed by atoms with Gasteiger partial charge in [0, 0.05) is 12.0 Å². The maximum Gasteiger partial charge on any atom is 0.269 e. The monoisotopic (exact) mass is 266 g/mol. The van der Waals surface area contributed by atoms with Gasteiger partial charge in [0.25, 0.3) is 5.91 Å². The van der Waals surface area contributed by atoms with Crippen molar-refractivity contribution in [3.8, 4) is 0 Å². The number of aromatic nitrogens is 2. The van der Waals surface area contributed by atoms with Gasteiger partial charge in [-0.3, -0.25) is 10.2 Å². The third-order valence-corrected chi connectivity index (χ3v) is 3.96. The maximum absolute atomic E-state index is 11.4. The van der Waals surface area contributed by atoms with Crippen molar-refractivity contribution in [1.82, 2.24) is 15.5 Å². The highest BCUT2D eigenvalue weighted by atomic mass is 32.1. The van der Waals surface area contributed by atoms with Crippen molar-refractivity contribution in [2.24, 2.45) is 0 Å². The van der Waals surface area contributed by atoms with Gasteiger partial charge in [0.2, 0.25) is 0 Å². The van der Waals surface area contributed by atoms with Crippen molar-refractivity contribution in [3.05, 3.63) is 22.7 Å². The second-order valence-electron chi connectivity index (χ2n) is 4.15. The SMILES string of the molecule is C=CC(=N)C(=O)NC1CC(c2nnc(CO)s2)C1. The number of aliphatic hydroxyl groups excluding tert-OH is 1. The van der Waals surface area contributed by atoms with E-state index in [9.17, 15) is 4.79 Å². The molecular formula is C11H14N4O2S. The standard InChI is InChI=1S/C11H14N4O2S/c1-2-8(12)10(17)13-7-3-6(4-7)11-15-14-9(5-16)18-11/h2,6-7,12,16H,1,3-5H2,(H,13,17). The molecule has 6 nitrogen and oxygen atoms in total. The Balaban J connectivity index is 1.82. The Morgan fingerprint density at radius 2 is 2.33 bits per heavy atom. The zero-order valence-electron chi connectivity index (χ0n) is 9.72. The predicted octanol–water partition coefficient (Wildman–Crippen LogP) is 0.598. The largest absolute Gasteiger partial charge is 0.389 e. The van der Waals surface area contributed by atoms with Gasteiger partial charge in [-0.15, -0.1) is 10.2 Å². The van der Waals surface area contributed by atoms with Crippen LogP contribution in [0, 0.1) is 5.41 Å². The van der Waals surface area contributed by atoms with Gasteiger partial charge in [0.05, 0.1) is 6.61 Å². The van der Waals surface area contributed by atoms with E-state index >= 15 is 0 Å². The second kappa shape index (κ2) is 5.36. The second-order valence-corrected chi connectivity index (χ2v) is 5.24. The lowest BCUT2D eigenvalue weighted by Gasteiger charge is -2.34. The third-order valence-electron chi connectivity index (χ3n) is 2.89. The fourth-order valence-corrected chi connectivity index (χ4v) is 2.62. The molecule has 1 amide bonds. The Kier molecular flexibility index (Phi) is 3.83. The summed E-state index contributed by atoms with van der Waals surface area (Å²) < 4.78 is 0. The molecule has 96 valence electrons. The molecule has 0 radical (unpaired) electrons. The lowest BCUT2D eigenvalue weighted by molar-refractivity contribution is -0.116. The highest BCUT2D eigenvalue weighted by Gasteiger charge is 2.34. The zero-order valence-corrected chi connectivity index (χ0v) is 10.5. The Bertz CT molecular complexity index is 479. The Morgan fingerprint density at radius 3 is 2.89 bits per heavy atom. The molecular weight excluding hydrogens is 252 g/mol.